The van der Waals surface area contributed by atoms with Gasteiger partial charge in [-0.25, -0.2) is 0 Å². The van der Waals surface area contributed by atoms with Gasteiger partial charge in [0.15, 0.2) is 0 Å². The highest BCUT2D eigenvalue weighted by Gasteiger charge is 1.94. The summed E-state index contributed by atoms with van der Waals surface area (Å²) in [6.45, 7) is 6.47. The van der Waals surface area contributed by atoms with Crippen LogP contribution in [-0.2, 0) is 4.79 Å². The molecule has 0 unspecified atom stereocenters. The maximum Gasteiger partial charge on any atom is 0.243 e. The average Bonchev–Trinajstić information content (AvgIpc) is 2.35. The second-order valence-corrected chi connectivity index (χ2v) is 4.68. The third kappa shape index (κ3) is 15.2. The number of nitrogens with one attached hydrogen (secondary N) is 1. The van der Waals surface area contributed by atoms with E-state index in [1.807, 2.05) is 0 Å². The Morgan fingerprint density at radius 2 is 1.39 bits per heavy atom. The van der Waals surface area contributed by atoms with Crippen LogP contribution in [-0.4, -0.2) is 12.5 Å². The lowest BCUT2D eigenvalue weighted by Crippen LogP contribution is -2.21. The van der Waals surface area contributed by atoms with Crippen molar-refractivity contribution in [3.63, 3.8) is 0 Å². The molecule has 0 atom stereocenters. The molecule has 0 spiro atoms. The highest BCUT2D eigenvalue weighted by Crippen LogP contribution is 2.10. The molecule has 2 nitrogen and oxygen atoms in total. The van der Waals surface area contributed by atoms with Gasteiger partial charge in [0.2, 0.25) is 5.91 Å². The fourth-order valence-corrected chi connectivity index (χ4v) is 1.90. The van der Waals surface area contributed by atoms with Crippen molar-refractivity contribution >= 4 is 5.91 Å². The number of rotatable bonds is 12. The molecule has 1 N–H and O–H groups in total. The van der Waals surface area contributed by atoms with Crippen molar-refractivity contribution in [1.29, 1.82) is 0 Å². The Balaban J connectivity index is 0. The minimum absolute atomic E-state index is 0. The number of hydrogen-bond donors (Lipinski definition) is 1. The minimum Gasteiger partial charge on any atom is -0.353 e. The van der Waals surface area contributed by atoms with Gasteiger partial charge in [0.25, 0.3) is 0 Å². The Morgan fingerprint density at radius 1 is 0.944 bits per heavy atom. The summed E-state index contributed by atoms with van der Waals surface area (Å²) >= 11 is 0. The Bertz CT molecular complexity index is 190. The van der Waals surface area contributed by atoms with Crippen LogP contribution in [0.4, 0.5) is 0 Å². The molecule has 0 aromatic heterocycles. The Morgan fingerprint density at radius 3 is 1.83 bits per heavy atom. The first kappa shape index (κ1) is 19.5. The Kier molecular flexibility index (Phi) is 17.6. The van der Waals surface area contributed by atoms with Crippen molar-refractivity contribution in [2.45, 2.75) is 78.6 Å². The van der Waals surface area contributed by atoms with Gasteiger partial charge >= 0.3 is 0 Å². The molecule has 0 radical (unpaired) electrons. The summed E-state index contributed by atoms with van der Waals surface area (Å²) in [5.74, 6) is -0.0547. The van der Waals surface area contributed by atoms with E-state index < -0.39 is 0 Å². The molecule has 0 bridgehead atoms. The van der Waals surface area contributed by atoms with Gasteiger partial charge in [-0.1, -0.05) is 78.7 Å². The molecule has 0 aliphatic rings. The van der Waals surface area contributed by atoms with Crippen LogP contribution >= 0.6 is 0 Å². The van der Waals surface area contributed by atoms with E-state index in [0.29, 0.717) is 0 Å². The van der Waals surface area contributed by atoms with Crippen LogP contribution in [0.25, 0.3) is 0 Å². The van der Waals surface area contributed by atoms with Gasteiger partial charge < -0.3 is 5.32 Å². The normalized spacial score (nSPS) is 9.61. The summed E-state index contributed by atoms with van der Waals surface area (Å²) in [5.41, 5.74) is 0. The highest BCUT2D eigenvalue weighted by atomic mass is 16.1. The summed E-state index contributed by atoms with van der Waals surface area (Å²) in [6.07, 6.45) is 14.6. The van der Waals surface area contributed by atoms with Crippen LogP contribution in [0, 0.1) is 0 Å². The molecular formula is C16H33NO. The van der Waals surface area contributed by atoms with Gasteiger partial charge in [-0.15, -0.1) is 0 Å². The van der Waals surface area contributed by atoms with E-state index in [-0.39, 0.29) is 13.3 Å². The first-order chi connectivity index (χ1) is 8.31. The topological polar surface area (TPSA) is 29.1 Å². The van der Waals surface area contributed by atoms with Crippen LogP contribution in [0.1, 0.15) is 78.6 Å². The van der Waals surface area contributed by atoms with Crippen molar-refractivity contribution in [1.82, 2.24) is 5.32 Å². The predicted molar refractivity (Wildman–Crippen MR) is 81.8 cm³/mol. The van der Waals surface area contributed by atoms with Gasteiger partial charge in [-0.3, -0.25) is 4.79 Å². The first-order valence-electron chi connectivity index (χ1n) is 7.21. The molecular weight excluding hydrogens is 222 g/mol. The molecule has 108 valence electrons. The van der Waals surface area contributed by atoms with E-state index in [1.165, 1.54) is 63.9 Å². The van der Waals surface area contributed by atoms with E-state index in [4.69, 9.17) is 0 Å². The zero-order chi connectivity index (χ0) is 12.8. The SMILES string of the molecule is C.C=CC(=O)NCCCCCCCCCCCC. The lowest BCUT2D eigenvalue weighted by atomic mass is 10.1. The molecule has 1 amide bonds. The summed E-state index contributed by atoms with van der Waals surface area (Å²) in [7, 11) is 0. The van der Waals surface area contributed by atoms with Crippen LogP contribution in [0.2, 0.25) is 0 Å². The molecule has 0 saturated carbocycles. The highest BCUT2D eigenvalue weighted by molar-refractivity contribution is 5.86. The van der Waals surface area contributed by atoms with Crippen LogP contribution in [0.5, 0.6) is 0 Å². The minimum atomic E-state index is -0.0547. The zero-order valence-electron chi connectivity index (χ0n) is 11.5. The van der Waals surface area contributed by atoms with Gasteiger partial charge in [0.1, 0.15) is 0 Å². The molecule has 0 fully saturated rings. The van der Waals surface area contributed by atoms with Gasteiger partial charge in [-0.05, 0) is 12.5 Å². The number of unbranched alkanes of at least 4 members (excludes halogenated alkanes) is 9. The molecule has 2 heteroatoms. The third-order valence-corrected chi connectivity index (χ3v) is 3.01. The molecule has 0 aliphatic carbocycles. The van der Waals surface area contributed by atoms with Crippen LogP contribution in [0.3, 0.4) is 0 Å². The van der Waals surface area contributed by atoms with Crippen molar-refractivity contribution in [2.75, 3.05) is 6.54 Å². The maximum atomic E-state index is 10.8. The largest absolute Gasteiger partial charge is 0.353 e. The molecule has 0 saturated heterocycles. The Hall–Kier alpha value is -0.790. The van der Waals surface area contributed by atoms with E-state index >= 15 is 0 Å². The zero-order valence-corrected chi connectivity index (χ0v) is 11.5. The van der Waals surface area contributed by atoms with E-state index in [9.17, 15) is 4.79 Å². The molecule has 0 rings (SSSR count). The lowest BCUT2D eigenvalue weighted by molar-refractivity contribution is -0.116. The van der Waals surface area contributed by atoms with Gasteiger partial charge in [-0.2, -0.15) is 0 Å². The average molecular weight is 255 g/mol. The van der Waals surface area contributed by atoms with Crippen molar-refractivity contribution in [2.24, 2.45) is 0 Å². The standard InChI is InChI=1S/C15H29NO.CH4/c1-3-5-6-7-8-9-10-11-12-13-14-16-15(17)4-2;/h4H,2-3,5-14H2,1H3,(H,16,17);1H4. The molecule has 0 aliphatic heterocycles. The monoisotopic (exact) mass is 255 g/mol. The first-order valence-corrected chi connectivity index (χ1v) is 7.21. The fraction of sp³-hybridized carbons (Fsp3) is 0.812. The van der Waals surface area contributed by atoms with Crippen molar-refractivity contribution in [3.8, 4) is 0 Å². The number of carbonyl (C=O) groups is 1. The van der Waals surface area contributed by atoms with Crippen molar-refractivity contribution < 1.29 is 4.79 Å². The van der Waals surface area contributed by atoms with Crippen LogP contribution in [0.15, 0.2) is 12.7 Å². The van der Waals surface area contributed by atoms with E-state index in [1.54, 1.807) is 0 Å². The van der Waals surface area contributed by atoms with Crippen molar-refractivity contribution in [3.05, 3.63) is 12.7 Å². The molecule has 0 aromatic carbocycles. The van der Waals surface area contributed by atoms with Crippen LogP contribution < -0.4 is 5.32 Å². The number of amides is 1. The molecule has 0 aromatic rings. The maximum absolute atomic E-state index is 10.8. The molecule has 0 heterocycles. The van der Waals surface area contributed by atoms with Gasteiger partial charge in [0.05, 0.1) is 0 Å². The number of carbonyl (C=O) groups excluding carboxylic acids is 1. The summed E-state index contributed by atoms with van der Waals surface area (Å²) < 4.78 is 0. The summed E-state index contributed by atoms with van der Waals surface area (Å²) in [4.78, 5) is 10.8. The number of hydrogen-bond acceptors (Lipinski definition) is 1. The third-order valence-electron chi connectivity index (χ3n) is 3.01. The molecule has 18 heavy (non-hydrogen) atoms. The van der Waals surface area contributed by atoms with Gasteiger partial charge in [0, 0.05) is 6.54 Å². The summed E-state index contributed by atoms with van der Waals surface area (Å²) in [6, 6.07) is 0. The second kappa shape index (κ2) is 16.2. The summed E-state index contributed by atoms with van der Waals surface area (Å²) in [5, 5.41) is 2.80. The predicted octanol–water partition coefficient (Wildman–Crippen LogP) is 4.85. The van der Waals surface area contributed by atoms with E-state index in [0.717, 1.165) is 13.0 Å². The fourth-order valence-electron chi connectivity index (χ4n) is 1.90. The quantitative estimate of drug-likeness (QED) is 0.392. The van der Waals surface area contributed by atoms with E-state index in [2.05, 4.69) is 18.8 Å². The second-order valence-electron chi connectivity index (χ2n) is 4.68. The smallest absolute Gasteiger partial charge is 0.243 e. The lowest BCUT2D eigenvalue weighted by Gasteiger charge is -2.03. The Labute approximate surface area is 114 Å².